The molecule has 0 rings (SSSR count). The summed E-state index contributed by atoms with van der Waals surface area (Å²) in [4.78, 5) is 0. The number of hydrogen-bond donors (Lipinski definition) is 1. The van der Waals surface area contributed by atoms with Gasteiger partial charge < -0.3 is 19.8 Å². The first-order chi connectivity index (χ1) is 4.04. The van der Waals surface area contributed by atoms with E-state index in [0.29, 0.717) is 0 Å². The topological polar surface area (TPSA) is 75.6 Å². The van der Waals surface area contributed by atoms with Crippen LogP contribution in [0.25, 0.3) is 0 Å². The van der Waals surface area contributed by atoms with Gasteiger partial charge in [-0.25, -0.2) is 0 Å². The summed E-state index contributed by atoms with van der Waals surface area (Å²) in [6.45, 7) is 2.92. The van der Waals surface area contributed by atoms with Crippen LogP contribution >= 0.6 is 0 Å². The summed E-state index contributed by atoms with van der Waals surface area (Å²) in [6.07, 6.45) is -1.44. The van der Waals surface area contributed by atoms with E-state index in [2.05, 4.69) is 4.65 Å². The zero-order chi connectivity index (χ0) is 7.44. The second-order valence-electron chi connectivity index (χ2n) is 1.87. The smallest absolute Gasteiger partial charge is 0.871 e. The van der Waals surface area contributed by atoms with Crippen molar-refractivity contribution in [1.29, 1.82) is 0 Å². The van der Waals surface area contributed by atoms with Crippen LogP contribution in [0.4, 0.5) is 0 Å². The molecule has 4 nitrogen and oxygen atoms in total. The Kier molecular flexibility index (Phi) is 16.9. The molecule has 1 N–H and O–H groups in total. The van der Waals surface area contributed by atoms with E-state index in [-0.39, 0.29) is 59.1 Å². The Morgan fingerprint density at radius 2 is 1.64 bits per heavy atom. The molecule has 0 radical (unpaired) electrons. The monoisotopic (exact) mass is 178 g/mol. The molecule has 0 spiro atoms. The predicted octanol–water partition coefficient (Wildman–Crippen LogP) is -8.51. The van der Waals surface area contributed by atoms with Crippen molar-refractivity contribution >= 4 is 7.32 Å². The second-order valence-corrected chi connectivity index (χ2v) is 1.87. The maximum atomic E-state index is 9.75. The Morgan fingerprint density at radius 3 is 1.73 bits per heavy atom. The first-order valence-electron chi connectivity index (χ1n) is 2.69. The fraction of sp³-hybridized carbons (Fsp3) is 1.00. The molecule has 0 bridgehead atoms. The van der Waals surface area contributed by atoms with Crippen LogP contribution in [0.15, 0.2) is 0 Å². The van der Waals surface area contributed by atoms with Crippen LogP contribution in [-0.2, 0) is 4.65 Å². The van der Waals surface area contributed by atoms with Crippen molar-refractivity contribution in [2.75, 3.05) is 0 Å². The summed E-state index contributed by atoms with van der Waals surface area (Å²) in [5.74, 6) is 0. The fourth-order valence-corrected chi connectivity index (χ4v) is 0.289. The van der Waals surface area contributed by atoms with Gasteiger partial charge in [0.25, 0.3) is 0 Å². The van der Waals surface area contributed by atoms with Crippen LogP contribution in [0.2, 0.25) is 0 Å². The normalized spacial score (nSPS) is 13.9. The molecule has 0 aromatic carbocycles. The molecule has 0 saturated heterocycles. The molecule has 2 atom stereocenters. The molecular formula is C4H9BNa2O4. The van der Waals surface area contributed by atoms with Gasteiger partial charge >= 0.3 is 59.1 Å². The van der Waals surface area contributed by atoms with Crippen molar-refractivity contribution in [3.05, 3.63) is 0 Å². The third kappa shape index (κ3) is 11.9. The van der Waals surface area contributed by atoms with Gasteiger partial charge in [0.15, 0.2) is 0 Å². The summed E-state index contributed by atoms with van der Waals surface area (Å²) in [5, 5.41) is 28.2. The summed E-state index contributed by atoms with van der Waals surface area (Å²) in [6, 6.07) is 0. The van der Waals surface area contributed by atoms with Gasteiger partial charge in [0.2, 0.25) is 0 Å². The largest absolute Gasteiger partial charge is 1.00 e. The van der Waals surface area contributed by atoms with Crippen LogP contribution in [0, 0.1) is 0 Å². The standard InChI is InChI=1S/C4H9BO4.2Na/c1-3(6)4(2)9-5(7)8;;/h3-4,6H,1-2H3;;/q-2;2*+1. The Bertz CT molecular complexity index is 82.5. The molecule has 0 saturated carbocycles. The quantitative estimate of drug-likeness (QED) is 0.435. The minimum atomic E-state index is -2.30. The van der Waals surface area contributed by atoms with E-state index in [0.717, 1.165) is 0 Å². The number of rotatable bonds is 3. The van der Waals surface area contributed by atoms with Gasteiger partial charge in [-0.1, -0.05) is 0 Å². The molecule has 0 aliphatic carbocycles. The molecule has 0 fully saturated rings. The van der Waals surface area contributed by atoms with Crippen molar-refractivity contribution in [2.45, 2.75) is 26.1 Å². The molecule has 0 aliphatic rings. The molecule has 11 heavy (non-hydrogen) atoms. The molecule has 2 unspecified atom stereocenters. The number of aliphatic hydroxyl groups is 1. The Labute approximate surface area is 111 Å². The van der Waals surface area contributed by atoms with Gasteiger partial charge in [-0.05, 0) is 13.8 Å². The van der Waals surface area contributed by atoms with Crippen LogP contribution in [0.5, 0.6) is 0 Å². The van der Waals surface area contributed by atoms with Crippen LogP contribution in [-0.4, -0.2) is 24.6 Å². The zero-order valence-electron chi connectivity index (χ0n) is 7.40. The van der Waals surface area contributed by atoms with Gasteiger partial charge in [0.05, 0.1) is 19.5 Å². The molecule has 7 heteroatoms. The molecule has 54 valence electrons. The summed E-state index contributed by atoms with van der Waals surface area (Å²) < 4.78 is 4.15. The van der Waals surface area contributed by atoms with E-state index in [4.69, 9.17) is 5.11 Å². The van der Waals surface area contributed by atoms with E-state index >= 15 is 0 Å². The van der Waals surface area contributed by atoms with E-state index < -0.39 is 19.5 Å². The van der Waals surface area contributed by atoms with Gasteiger partial charge in [-0.15, -0.1) is 0 Å². The molecule has 0 aliphatic heterocycles. The van der Waals surface area contributed by atoms with Crippen molar-refractivity contribution in [1.82, 2.24) is 0 Å². The van der Waals surface area contributed by atoms with Gasteiger partial charge in [0.1, 0.15) is 0 Å². The molecule has 0 aromatic heterocycles. The van der Waals surface area contributed by atoms with E-state index in [9.17, 15) is 10.0 Å². The SMILES string of the molecule is CC(O)C(C)OB([O-])[O-].[Na+].[Na+]. The maximum Gasteiger partial charge on any atom is 1.00 e. The average Bonchev–Trinajstić information content (AvgIpc) is 1.63. The maximum absolute atomic E-state index is 9.75. The third-order valence-electron chi connectivity index (χ3n) is 1.01. The third-order valence-corrected chi connectivity index (χ3v) is 1.01. The fourth-order valence-electron chi connectivity index (χ4n) is 0.289. The van der Waals surface area contributed by atoms with Gasteiger partial charge in [0, 0.05) is 0 Å². The summed E-state index contributed by atoms with van der Waals surface area (Å²) in [7, 11) is -2.30. The molecular weight excluding hydrogens is 169 g/mol. The van der Waals surface area contributed by atoms with Gasteiger partial charge in [-0.3, -0.25) is 0 Å². The zero-order valence-corrected chi connectivity index (χ0v) is 11.4. The predicted molar refractivity (Wildman–Crippen MR) is 28.0 cm³/mol. The molecule has 0 amide bonds. The first-order valence-corrected chi connectivity index (χ1v) is 2.69. The average molecular weight is 178 g/mol. The Morgan fingerprint density at radius 1 is 1.27 bits per heavy atom. The molecule has 0 aromatic rings. The van der Waals surface area contributed by atoms with Gasteiger partial charge in [-0.2, -0.15) is 0 Å². The summed E-state index contributed by atoms with van der Waals surface area (Å²) >= 11 is 0. The van der Waals surface area contributed by atoms with Crippen molar-refractivity contribution in [2.24, 2.45) is 0 Å². The Balaban J connectivity index is -0.000000320. The minimum Gasteiger partial charge on any atom is -0.871 e. The first kappa shape index (κ1) is 18.6. The van der Waals surface area contributed by atoms with E-state index in [1.165, 1.54) is 13.8 Å². The minimum absolute atomic E-state index is 0. The van der Waals surface area contributed by atoms with E-state index in [1.807, 2.05) is 0 Å². The van der Waals surface area contributed by atoms with Crippen LogP contribution in [0.3, 0.4) is 0 Å². The van der Waals surface area contributed by atoms with Crippen molar-refractivity contribution < 1.29 is 78.9 Å². The van der Waals surface area contributed by atoms with Crippen LogP contribution < -0.4 is 69.2 Å². The second kappa shape index (κ2) is 9.99. The van der Waals surface area contributed by atoms with Crippen molar-refractivity contribution in [3.63, 3.8) is 0 Å². The summed E-state index contributed by atoms with van der Waals surface area (Å²) in [5.41, 5.74) is 0. The van der Waals surface area contributed by atoms with E-state index in [1.54, 1.807) is 0 Å². The van der Waals surface area contributed by atoms with Crippen LogP contribution in [0.1, 0.15) is 13.8 Å². The van der Waals surface area contributed by atoms with Crippen molar-refractivity contribution in [3.8, 4) is 0 Å². The molecule has 0 heterocycles. The number of hydrogen-bond acceptors (Lipinski definition) is 4. The number of aliphatic hydroxyl groups excluding tert-OH is 1. The Hall–Kier alpha value is 1.90.